The molecule has 0 bridgehead atoms. The Hall–Kier alpha value is -2.88. The average Bonchev–Trinajstić information content (AvgIpc) is 2.80. The molecule has 0 aromatic heterocycles. The molecule has 0 spiro atoms. The molecule has 3 aromatic carbocycles. The summed E-state index contributed by atoms with van der Waals surface area (Å²) in [6, 6.07) is 28.5. The van der Waals surface area contributed by atoms with Gasteiger partial charge >= 0.3 is 187 Å². The predicted octanol–water partition coefficient (Wildman–Crippen LogP) is 3.87. The molecule has 0 radical (unpaired) electrons. The van der Waals surface area contributed by atoms with Gasteiger partial charge in [-0.2, -0.15) is 0 Å². The van der Waals surface area contributed by atoms with Gasteiger partial charge in [-0.3, -0.25) is 0 Å². The molecule has 1 atom stereocenters. The number of carbonyl (C=O) groups excluding carboxylic acids is 1. The van der Waals surface area contributed by atoms with E-state index in [0.29, 0.717) is 6.16 Å². The Morgan fingerprint density at radius 3 is 1.61 bits per heavy atom. The van der Waals surface area contributed by atoms with Gasteiger partial charge in [-0.1, -0.05) is 0 Å². The topological polar surface area (TPSA) is 75.6 Å². The number of rotatable bonds is 8. The number of carbonyl (C=O) groups is 2. The zero-order chi connectivity index (χ0) is 22.3. The van der Waals surface area contributed by atoms with E-state index in [1.807, 2.05) is 91.0 Å². The van der Waals surface area contributed by atoms with Crippen molar-refractivity contribution in [2.75, 3.05) is 12.8 Å². The molecule has 3 aromatic rings. The summed E-state index contributed by atoms with van der Waals surface area (Å²) in [5.74, 6) is -4.65. The van der Waals surface area contributed by atoms with Crippen LogP contribution in [0.15, 0.2) is 91.0 Å². The van der Waals surface area contributed by atoms with Crippen LogP contribution in [0, 0.1) is 0 Å². The van der Waals surface area contributed by atoms with Gasteiger partial charge in [-0.25, -0.2) is 0 Å². The molecule has 1 amide bonds. The summed E-state index contributed by atoms with van der Waals surface area (Å²) in [6.07, 6.45) is -0.425. The zero-order valence-corrected chi connectivity index (χ0v) is 18.8. The van der Waals surface area contributed by atoms with E-state index >= 15 is 0 Å². The average molecular weight is 458 g/mol. The number of carboxylic acids is 1. The second-order valence-electron chi connectivity index (χ2n) is 7.25. The molecule has 0 aliphatic heterocycles. The van der Waals surface area contributed by atoms with Crippen molar-refractivity contribution in [3.63, 3.8) is 0 Å². The van der Waals surface area contributed by atoms with Crippen LogP contribution in [0.5, 0.6) is 0 Å². The van der Waals surface area contributed by atoms with E-state index in [4.69, 9.17) is 21.1 Å². The van der Waals surface area contributed by atoms with Crippen LogP contribution in [0.3, 0.4) is 0 Å². The van der Waals surface area contributed by atoms with Crippen molar-refractivity contribution < 1.29 is 19.4 Å². The van der Waals surface area contributed by atoms with Crippen LogP contribution in [-0.2, 0) is 9.53 Å². The quantitative estimate of drug-likeness (QED) is 0.503. The number of aliphatic carboxylic acids is 1. The Bertz CT molecular complexity index is 932. The van der Waals surface area contributed by atoms with E-state index in [2.05, 4.69) is 5.32 Å². The van der Waals surface area contributed by atoms with Crippen LogP contribution >= 0.6 is 17.2 Å². The predicted molar refractivity (Wildman–Crippen MR) is 127 cm³/mol. The summed E-state index contributed by atoms with van der Waals surface area (Å²) in [5.41, 5.74) is 0. The summed E-state index contributed by atoms with van der Waals surface area (Å²) in [5, 5.41) is 14.2. The van der Waals surface area contributed by atoms with Crippen molar-refractivity contribution in [2.24, 2.45) is 0 Å². The van der Waals surface area contributed by atoms with Crippen LogP contribution in [0.25, 0.3) is 0 Å². The van der Waals surface area contributed by atoms with E-state index < -0.39 is 24.1 Å². The third-order valence-electron chi connectivity index (χ3n) is 5.33. The first-order chi connectivity index (χ1) is 14.9. The molecule has 0 saturated heterocycles. The van der Waals surface area contributed by atoms with Gasteiger partial charge in [0, 0.05) is 0 Å². The number of hydrogen-bond acceptors (Lipinski definition) is 3. The van der Waals surface area contributed by atoms with Crippen LogP contribution in [0.1, 0.15) is 6.92 Å². The van der Waals surface area contributed by atoms with Crippen molar-refractivity contribution in [3.05, 3.63) is 91.0 Å². The second-order valence-corrected chi connectivity index (χ2v) is 13.9. The van der Waals surface area contributed by atoms with Crippen molar-refractivity contribution in [1.82, 2.24) is 5.32 Å². The number of halogens is 1. The van der Waals surface area contributed by atoms with E-state index in [9.17, 15) is 9.59 Å². The van der Waals surface area contributed by atoms with Gasteiger partial charge in [0.25, 0.3) is 0 Å². The summed E-state index contributed by atoms with van der Waals surface area (Å²) in [7, 11) is 0. The zero-order valence-electron chi connectivity index (χ0n) is 17.1. The van der Waals surface area contributed by atoms with Gasteiger partial charge in [-0.05, 0) is 0 Å². The standard InChI is InChI=1S/C24H25ClNO4P/c1-19(23(27)28)26-24(29)30-17-18-31(25,20-11-5-2-6-12-20,21-13-7-3-8-14-21)22-15-9-4-10-16-22/h2-16,19H,17-18H2,1H3,(H,26,29)(H,27,28). The second kappa shape index (κ2) is 9.51. The van der Waals surface area contributed by atoms with Gasteiger partial charge in [0.05, 0.1) is 0 Å². The maximum atomic E-state index is 12.1. The van der Waals surface area contributed by atoms with Crippen molar-refractivity contribution in [3.8, 4) is 0 Å². The first-order valence-electron chi connectivity index (χ1n) is 9.92. The Kier molecular flexibility index (Phi) is 6.99. The van der Waals surface area contributed by atoms with Crippen LogP contribution < -0.4 is 21.2 Å². The molecule has 5 nitrogen and oxygen atoms in total. The molecule has 162 valence electrons. The van der Waals surface area contributed by atoms with Gasteiger partial charge in [0.1, 0.15) is 0 Å². The Balaban J connectivity index is 2.05. The van der Waals surface area contributed by atoms with Gasteiger partial charge in [0.15, 0.2) is 0 Å². The third-order valence-corrected chi connectivity index (χ3v) is 12.7. The number of amides is 1. The molecular weight excluding hydrogens is 433 g/mol. The van der Waals surface area contributed by atoms with E-state index in [1.54, 1.807) is 0 Å². The summed E-state index contributed by atoms with van der Waals surface area (Å²) in [4.78, 5) is 23.1. The summed E-state index contributed by atoms with van der Waals surface area (Å²) in [6.45, 7) is 1.40. The molecule has 0 heterocycles. The van der Waals surface area contributed by atoms with Crippen LogP contribution in [-0.4, -0.2) is 36.0 Å². The number of alkyl carbamates (subject to hydrolysis) is 1. The molecule has 0 aliphatic carbocycles. The molecule has 7 heteroatoms. The summed E-state index contributed by atoms with van der Waals surface area (Å²) < 4.78 is 5.38. The molecule has 1 unspecified atom stereocenters. The number of ether oxygens (including phenoxy) is 1. The van der Waals surface area contributed by atoms with Gasteiger partial charge in [0.2, 0.25) is 0 Å². The molecule has 2 N–H and O–H groups in total. The fourth-order valence-electron chi connectivity index (χ4n) is 3.64. The monoisotopic (exact) mass is 457 g/mol. The van der Waals surface area contributed by atoms with Gasteiger partial charge < -0.3 is 0 Å². The number of hydrogen-bond donors (Lipinski definition) is 2. The molecule has 0 saturated carbocycles. The minimum atomic E-state index is -3.52. The number of carboxylic acid groups (broad SMARTS) is 1. The van der Waals surface area contributed by atoms with E-state index in [0.717, 1.165) is 15.9 Å². The fourth-order valence-corrected chi connectivity index (χ4v) is 9.35. The van der Waals surface area contributed by atoms with Crippen LogP contribution in [0.4, 0.5) is 4.79 Å². The third kappa shape index (κ3) is 4.58. The Morgan fingerprint density at radius 2 is 1.26 bits per heavy atom. The molecule has 31 heavy (non-hydrogen) atoms. The minimum absolute atomic E-state index is 0.0260. The molecule has 0 aliphatic rings. The van der Waals surface area contributed by atoms with Crippen molar-refractivity contribution in [2.45, 2.75) is 13.0 Å². The van der Waals surface area contributed by atoms with E-state index in [-0.39, 0.29) is 6.61 Å². The normalized spacial score (nSPS) is 13.4. The number of benzene rings is 3. The van der Waals surface area contributed by atoms with Crippen molar-refractivity contribution in [1.29, 1.82) is 0 Å². The van der Waals surface area contributed by atoms with Gasteiger partial charge in [-0.15, -0.1) is 0 Å². The Labute approximate surface area is 186 Å². The van der Waals surface area contributed by atoms with Crippen LogP contribution in [0.2, 0.25) is 0 Å². The summed E-state index contributed by atoms with van der Waals surface area (Å²) >= 11 is 7.84. The first-order valence-corrected chi connectivity index (χ1v) is 13.2. The molecule has 0 fully saturated rings. The number of nitrogens with one attached hydrogen (secondary N) is 1. The SMILES string of the molecule is CC(NC(=O)OCCP(Cl)(c1ccccc1)(c1ccccc1)c1ccccc1)C(=O)O. The Morgan fingerprint density at radius 1 is 0.871 bits per heavy atom. The first kappa shape index (κ1) is 22.8. The molecule has 3 rings (SSSR count). The maximum absolute atomic E-state index is 12.1. The molecular formula is C24H25ClNO4P. The van der Waals surface area contributed by atoms with Crippen molar-refractivity contribution >= 4 is 45.2 Å². The fraction of sp³-hybridized carbons (Fsp3) is 0.167. The van der Waals surface area contributed by atoms with E-state index in [1.165, 1.54) is 6.92 Å².